The van der Waals surface area contributed by atoms with Crippen LogP contribution in [0.4, 0.5) is 0 Å². The van der Waals surface area contributed by atoms with Crippen molar-refractivity contribution in [2.24, 2.45) is 0 Å². The molecule has 4 nitrogen and oxygen atoms in total. The van der Waals surface area contributed by atoms with Gasteiger partial charge in [-0.25, -0.2) is 4.68 Å². The first-order chi connectivity index (χ1) is 8.33. The van der Waals surface area contributed by atoms with E-state index in [0.29, 0.717) is 19.0 Å². The summed E-state index contributed by atoms with van der Waals surface area (Å²) >= 11 is 5.68. The molecule has 0 fully saturated rings. The monoisotopic (exact) mass is 251 g/mol. The maximum Gasteiger partial charge on any atom is 0.124 e. The number of halogens is 1. The molecular formula is C12H14ClN3O. The van der Waals surface area contributed by atoms with Crippen LogP contribution in [0.25, 0.3) is 0 Å². The Balaban J connectivity index is 2.17. The Labute approximate surface area is 105 Å². The number of nitrogens with zero attached hydrogens (tertiary/aromatic N) is 3. The van der Waals surface area contributed by atoms with Gasteiger partial charge in [-0.2, -0.15) is 0 Å². The van der Waals surface area contributed by atoms with E-state index in [1.165, 1.54) is 0 Å². The number of para-hydroxylation sites is 1. The van der Waals surface area contributed by atoms with E-state index in [-0.39, 0.29) is 0 Å². The number of alkyl halides is 1. The number of hydrogen-bond acceptors (Lipinski definition) is 3. The summed E-state index contributed by atoms with van der Waals surface area (Å²) in [6.07, 6.45) is 1.84. The topological polar surface area (TPSA) is 39.9 Å². The van der Waals surface area contributed by atoms with Crippen molar-refractivity contribution >= 4 is 11.6 Å². The molecule has 0 aliphatic rings. The Morgan fingerprint density at radius 2 is 2.18 bits per heavy atom. The van der Waals surface area contributed by atoms with E-state index in [4.69, 9.17) is 16.3 Å². The standard InChI is InChI=1S/C12H14ClN3O/c1-2-17-12-6-4-3-5-10(12)8-16-9-11(7-13)14-15-16/h3-6,9H,2,7-8H2,1H3. The van der Waals surface area contributed by atoms with Gasteiger partial charge in [0.25, 0.3) is 0 Å². The molecule has 0 atom stereocenters. The van der Waals surface area contributed by atoms with Gasteiger partial charge in [-0.3, -0.25) is 0 Å². The molecule has 0 saturated carbocycles. The van der Waals surface area contributed by atoms with Crippen molar-refractivity contribution in [1.82, 2.24) is 15.0 Å². The van der Waals surface area contributed by atoms with Crippen LogP contribution in [-0.4, -0.2) is 21.6 Å². The van der Waals surface area contributed by atoms with Crippen LogP contribution in [0, 0.1) is 0 Å². The van der Waals surface area contributed by atoms with E-state index in [9.17, 15) is 0 Å². The highest BCUT2D eigenvalue weighted by atomic mass is 35.5. The molecule has 0 N–H and O–H groups in total. The molecule has 0 aliphatic carbocycles. The van der Waals surface area contributed by atoms with Gasteiger partial charge in [0, 0.05) is 5.56 Å². The molecule has 2 aromatic rings. The number of hydrogen-bond donors (Lipinski definition) is 0. The second-order valence-electron chi connectivity index (χ2n) is 3.58. The van der Waals surface area contributed by atoms with E-state index in [0.717, 1.165) is 17.0 Å². The smallest absolute Gasteiger partial charge is 0.124 e. The van der Waals surface area contributed by atoms with Crippen molar-refractivity contribution in [3.63, 3.8) is 0 Å². The van der Waals surface area contributed by atoms with Crippen LogP contribution in [0.2, 0.25) is 0 Å². The zero-order chi connectivity index (χ0) is 12.1. The summed E-state index contributed by atoms with van der Waals surface area (Å²) in [6.45, 7) is 3.26. The maximum atomic E-state index is 5.68. The minimum absolute atomic E-state index is 0.382. The summed E-state index contributed by atoms with van der Waals surface area (Å²) in [6, 6.07) is 7.92. The second kappa shape index (κ2) is 5.68. The largest absolute Gasteiger partial charge is 0.494 e. The van der Waals surface area contributed by atoms with Gasteiger partial charge < -0.3 is 4.74 Å². The lowest BCUT2D eigenvalue weighted by atomic mass is 10.2. The lowest BCUT2D eigenvalue weighted by Crippen LogP contribution is -2.03. The number of aromatic nitrogens is 3. The van der Waals surface area contributed by atoms with E-state index < -0.39 is 0 Å². The molecule has 0 amide bonds. The van der Waals surface area contributed by atoms with Gasteiger partial charge in [-0.15, -0.1) is 16.7 Å². The van der Waals surface area contributed by atoms with Crippen LogP contribution < -0.4 is 4.74 Å². The van der Waals surface area contributed by atoms with Crippen LogP contribution in [0.5, 0.6) is 5.75 Å². The molecule has 1 heterocycles. The third-order valence-corrected chi connectivity index (χ3v) is 2.60. The normalized spacial score (nSPS) is 10.5. The van der Waals surface area contributed by atoms with Crippen LogP contribution in [0.1, 0.15) is 18.2 Å². The average Bonchev–Trinajstić information content (AvgIpc) is 2.80. The molecule has 90 valence electrons. The van der Waals surface area contributed by atoms with E-state index in [2.05, 4.69) is 10.3 Å². The maximum absolute atomic E-state index is 5.68. The Bertz CT molecular complexity index is 484. The molecule has 0 aliphatic heterocycles. The predicted molar refractivity (Wildman–Crippen MR) is 66.3 cm³/mol. The van der Waals surface area contributed by atoms with Gasteiger partial charge >= 0.3 is 0 Å². The minimum atomic E-state index is 0.382. The molecule has 0 spiro atoms. The molecule has 0 bridgehead atoms. The highest BCUT2D eigenvalue weighted by molar-refractivity contribution is 6.16. The van der Waals surface area contributed by atoms with Crippen molar-refractivity contribution in [3.8, 4) is 5.75 Å². The van der Waals surface area contributed by atoms with Crippen molar-refractivity contribution in [2.45, 2.75) is 19.3 Å². The Morgan fingerprint density at radius 1 is 1.35 bits per heavy atom. The first-order valence-electron chi connectivity index (χ1n) is 5.49. The zero-order valence-electron chi connectivity index (χ0n) is 9.64. The van der Waals surface area contributed by atoms with E-state index >= 15 is 0 Å². The summed E-state index contributed by atoms with van der Waals surface area (Å²) in [7, 11) is 0. The van der Waals surface area contributed by atoms with Crippen molar-refractivity contribution in [2.75, 3.05) is 6.61 Å². The predicted octanol–water partition coefficient (Wildman–Crippen LogP) is 2.46. The molecule has 17 heavy (non-hydrogen) atoms. The van der Waals surface area contributed by atoms with Gasteiger partial charge in [0.15, 0.2) is 0 Å². The first-order valence-corrected chi connectivity index (χ1v) is 6.02. The molecule has 0 saturated heterocycles. The molecule has 2 rings (SSSR count). The lowest BCUT2D eigenvalue weighted by molar-refractivity contribution is 0.335. The molecule has 1 aromatic heterocycles. The first kappa shape index (κ1) is 11.9. The molecule has 5 heteroatoms. The Morgan fingerprint density at radius 3 is 2.88 bits per heavy atom. The van der Waals surface area contributed by atoms with Crippen LogP contribution in [0.15, 0.2) is 30.5 Å². The third kappa shape index (κ3) is 2.97. The molecule has 0 radical (unpaired) electrons. The third-order valence-electron chi connectivity index (χ3n) is 2.33. The highest BCUT2D eigenvalue weighted by Crippen LogP contribution is 2.18. The van der Waals surface area contributed by atoms with Gasteiger partial charge in [0.1, 0.15) is 5.75 Å². The van der Waals surface area contributed by atoms with E-state index in [1.807, 2.05) is 37.4 Å². The number of ether oxygens (including phenoxy) is 1. The van der Waals surface area contributed by atoms with Crippen molar-refractivity contribution in [1.29, 1.82) is 0 Å². The quantitative estimate of drug-likeness (QED) is 0.767. The Kier molecular flexibility index (Phi) is 3.98. The fraction of sp³-hybridized carbons (Fsp3) is 0.333. The fourth-order valence-electron chi connectivity index (χ4n) is 1.58. The van der Waals surface area contributed by atoms with Crippen LogP contribution >= 0.6 is 11.6 Å². The zero-order valence-corrected chi connectivity index (χ0v) is 10.4. The van der Waals surface area contributed by atoms with Crippen LogP contribution in [-0.2, 0) is 12.4 Å². The summed E-state index contributed by atoms with van der Waals surface area (Å²) in [5, 5.41) is 7.96. The molecule has 1 aromatic carbocycles. The Hall–Kier alpha value is -1.55. The highest BCUT2D eigenvalue weighted by Gasteiger charge is 2.05. The van der Waals surface area contributed by atoms with E-state index in [1.54, 1.807) is 4.68 Å². The minimum Gasteiger partial charge on any atom is -0.494 e. The lowest BCUT2D eigenvalue weighted by Gasteiger charge is -2.09. The van der Waals surface area contributed by atoms with Gasteiger partial charge in [-0.05, 0) is 13.0 Å². The van der Waals surface area contributed by atoms with Crippen LogP contribution in [0.3, 0.4) is 0 Å². The number of rotatable bonds is 5. The summed E-state index contributed by atoms with van der Waals surface area (Å²) in [5.74, 6) is 1.27. The summed E-state index contributed by atoms with van der Waals surface area (Å²) in [4.78, 5) is 0. The fourth-order valence-corrected chi connectivity index (χ4v) is 1.70. The van der Waals surface area contributed by atoms with Gasteiger partial charge in [0.2, 0.25) is 0 Å². The van der Waals surface area contributed by atoms with Crippen molar-refractivity contribution < 1.29 is 4.74 Å². The van der Waals surface area contributed by atoms with Gasteiger partial charge in [-0.1, -0.05) is 23.4 Å². The molecular weight excluding hydrogens is 238 g/mol. The number of benzene rings is 1. The summed E-state index contributed by atoms with van der Waals surface area (Å²) < 4.78 is 7.31. The second-order valence-corrected chi connectivity index (χ2v) is 3.85. The summed E-state index contributed by atoms with van der Waals surface area (Å²) in [5.41, 5.74) is 1.86. The SMILES string of the molecule is CCOc1ccccc1Cn1cc(CCl)nn1. The van der Waals surface area contributed by atoms with Gasteiger partial charge in [0.05, 0.1) is 30.9 Å². The average molecular weight is 252 g/mol. The molecule has 0 unspecified atom stereocenters. The van der Waals surface area contributed by atoms with Crippen molar-refractivity contribution in [3.05, 3.63) is 41.7 Å².